The first-order chi connectivity index (χ1) is 14.7. The summed E-state index contributed by atoms with van der Waals surface area (Å²) >= 11 is 0. The lowest BCUT2D eigenvalue weighted by Gasteiger charge is -2.04. The average Bonchev–Trinajstić information content (AvgIpc) is 2.80. The summed E-state index contributed by atoms with van der Waals surface area (Å²) in [6, 6.07) is 24.8. The van der Waals surface area contributed by atoms with E-state index in [0.717, 1.165) is 11.1 Å². The summed E-state index contributed by atoms with van der Waals surface area (Å²) in [6.07, 6.45) is 3.12. The lowest BCUT2D eigenvalue weighted by atomic mass is 10.2. The Kier molecular flexibility index (Phi) is 6.65. The smallest absolute Gasteiger partial charge is 0.271 e. The number of rotatable bonds is 6. The molecule has 0 saturated carbocycles. The Morgan fingerprint density at radius 1 is 0.800 bits per heavy atom. The molecule has 7 heteroatoms. The van der Waals surface area contributed by atoms with E-state index in [1.165, 1.54) is 6.21 Å². The van der Waals surface area contributed by atoms with E-state index >= 15 is 0 Å². The minimum absolute atomic E-state index is 0.361. The van der Waals surface area contributed by atoms with E-state index in [2.05, 4.69) is 27.1 Å². The van der Waals surface area contributed by atoms with Crippen molar-refractivity contribution in [2.24, 2.45) is 10.2 Å². The molecule has 0 radical (unpaired) electrons. The van der Waals surface area contributed by atoms with Gasteiger partial charge in [-0.1, -0.05) is 30.3 Å². The third kappa shape index (κ3) is 5.62. The highest BCUT2D eigenvalue weighted by atomic mass is 16.2. The Morgan fingerprint density at radius 3 is 1.93 bits per heavy atom. The first kappa shape index (κ1) is 20.0. The third-order valence-corrected chi connectivity index (χ3v) is 3.99. The molecule has 1 amide bonds. The number of anilines is 1. The molecule has 0 aliphatic rings. The normalized spacial score (nSPS) is 10.5. The lowest BCUT2D eigenvalue weighted by molar-refractivity contribution is 0.0955. The van der Waals surface area contributed by atoms with Gasteiger partial charge in [0.15, 0.2) is 0 Å². The van der Waals surface area contributed by atoms with Crippen molar-refractivity contribution in [2.75, 3.05) is 5.43 Å². The van der Waals surface area contributed by atoms with Crippen LogP contribution < -0.4 is 10.9 Å². The summed E-state index contributed by atoms with van der Waals surface area (Å²) in [5, 5.41) is 25.7. The summed E-state index contributed by atoms with van der Waals surface area (Å²) in [7, 11) is 0. The first-order valence-electron chi connectivity index (χ1n) is 8.91. The number of carbonyl (C=O) groups excluding carboxylic acids is 1. The number of amides is 1. The molecule has 0 fully saturated rings. The summed E-state index contributed by atoms with van der Waals surface area (Å²) in [5.41, 5.74) is 9.15. The van der Waals surface area contributed by atoms with Gasteiger partial charge in [0.05, 0.1) is 41.4 Å². The molecule has 0 aliphatic carbocycles. The molecule has 7 nitrogen and oxygen atoms in total. The Morgan fingerprint density at radius 2 is 1.37 bits per heavy atom. The summed E-state index contributed by atoms with van der Waals surface area (Å²) in [4.78, 5) is 12.3. The minimum Gasteiger partial charge on any atom is -0.278 e. The maximum absolute atomic E-state index is 12.3. The fourth-order valence-corrected chi connectivity index (χ4v) is 2.43. The Bertz CT molecular complexity index is 1170. The van der Waals surface area contributed by atoms with Crippen molar-refractivity contribution < 1.29 is 4.79 Å². The van der Waals surface area contributed by atoms with Gasteiger partial charge in [0, 0.05) is 5.56 Å². The maximum Gasteiger partial charge on any atom is 0.271 e. The minimum atomic E-state index is -0.361. The van der Waals surface area contributed by atoms with Crippen LogP contribution >= 0.6 is 0 Å². The molecule has 0 bridgehead atoms. The standard InChI is InChI=1S/C23H16N6O/c24-13-17-4-8-19(9-5-17)15-26-28-22-3-1-2-21(12-22)23(30)29-27-16-20-10-6-18(14-25)7-11-20/h1-12,15-16,28H,(H,29,30)/b26-15+,27-16+. The van der Waals surface area contributed by atoms with E-state index in [0.29, 0.717) is 22.4 Å². The molecule has 0 unspecified atom stereocenters. The second-order valence-electron chi connectivity index (χ2n) is 6.12. The van der Waals surface area contributed by atoms with Crippen molar-refractivity contribution >= 4 is 24.0 Å². The Balaban J connectivity index is 1.57. The van der Waals surface area contributed by atoms with Gasteiger partial charge < -0.3 is 0 Å². The number of nitriles is 2. The van der Waals surface area contributed by atoms with Gasteiger partial charge in [-0.2, -0.15) is 20.7 Å². The molecule has 3 aromatic carbocycles. The third-order valence-electron chi connectivity index (χ3n) is 3.99. The average molecular weight is 392 g/mol. The topological polar surface area (TPSA) is 113 Å². The van der Waals surface area contributed by atoms with Crippen molar-refractivity contribution in [3.8, 4) is 12.1 Å². The maximum atomic E-state index is 12.3. The van der Waals surface area contributed by atoms with E-state index in [9.17, 15) is 4.79 Å². The molecule has 30 heavy (non-hydrogen) atoms. The van der Waals surface area contributed by atoms with Gasteiger partial charge in [-0.05, 0) is 53.6 Å². The Labute approximate surface area is 173 Å². The van der Waals surface area contributed by atoms with Gasteiger partial charge in [-0.25, -0.2) is 5.43 Å². The van der Waals surface area contributed by atoms with Crippen molar-refractivity contribution in [2.45, 2.75) is 0 Å². The van der Waals surface area contributed by atoms with Crippen molar-refractivity contribution in [1.82, 2.24) is 5.43 Å². The summed E-state index contributed by atoms with van der Waals surface area (Å²) in [5.74, 6) is -0.361. The quantitative estimate of drug-likeness (QED) is 0.492. The van der Waals surface area contributed by atoms with E-state index in [4.69, 9.17) is 10.5 Å². The van der Waals surface area contributed by atoms with Gasteiger partial charge in [0.25, 0.3) is 5.91 Å². The fourth-order valence-electron chi connectivity index (χ4n) is 2.43. The zero-order valence-electron chi connectivity index (χ0n) is 15.8. The van der Waals surface area contributed by atoms with E-state index < -0.39 is 0 Å². The van der Waals surface area contributed by atoms with E-state index in [-0.39, 0.29) is 5.91 Å². The molecule has 3 rings (SSSR count). The number of nitrogens with zero attached hydrogens (tertiary/aromatic N) is 4. The van der Waals surface area contributed by atoms with Crippen LogP contribution in [0.1, 0.15) is 32.6 Å². The zero-order valence-corrected chi connectivity index (χ0v) is 15.8. The molecule has 0 aliphatic heterocycles. The molecule has 0 atom stereocenters. The molecule has 144 valence electrons. The molecule has 0 saturated heterocycles. The van der Waals surface area contributed by atoms with E-state index in [1.54, 1.807) is 79.0 Å². The SMILES string of the molecule is N#Cc1ccc(/C=N/NC(=O)c2cccc(N/N=C/c3ccc(C#N)cc3)c2)cc1. The predicted molar refractivity (Wildman–Crippen MR) is 115 cm³/mol. The van der Waals surface area contributed by atoms with Gasteiger partial charge in [0.2, 0.25) is 0 Å². The highest BCUT2D eigenvalue weighted by Gasteiger charge is 2.04. The number of nitrogens with one attached hydrogen (secondary N) is 2. The molecular formula is C23H16N6O. The van der Waals surface area contributed by atoms with Crippen molar-refractivity contribution in [1.29, 1.82) is 10.5 Å². The van der Waals surface area contributed by atoms with Crippen molar-refractivity contribution in [3.63, 3.8) is 0 Å². The number of carbonyl (C=O) groups is 1. The second kappa shape index (κ2) is 9.98. The van der Waals surface area contributed by atoms with Crippen LogP contribution in [0.3, 0.4) is 0 Å². The largest absolute Gasteiger partial charge is 0.278 e. The van der Waals surface area contributed by atoms with Crippen LogP contribution in [0.15, 0.2) is 83.0 Å². The van der Waals surface area contributed by atoms with Crippen LogP contribution in [0.5, 0.6) is 0 Å². The van der Waals surface area contributed by atoms with Crippen LogP contribution in [-0.4, -0.2) is 18.3 Å². The van der Waals surface area contributed by atoms with E-state index in [1.807, 2.05) is 6.07 Å². The highest BCUT2D eigenvalue weighted by Crippen LogP contribution is 2.11. The molecule has 0 heterocycles. The molecule has 0 aromatic heterocycles. The van der Waals surface area contributed by atoms with Gasteiger partial charge >= 0.3 is 0 Å². The van der Waals surface area contributed by atoms with Gasteiger partial charge in [-0.15, -0.1) is 0 Å². The first-order valence-corrected chi connectivity index (χ1v) is 8.91. The molecule has 3 aromatic rings. The zero-order chi connectivity index (χ0) is 21.2. The fraction of sp³-hybridized carbons (Fsp3) is 0. The van der Waals surface area contributed by atoms with Crippen molar-refractivity contribution in [3.05, 3.63) is 101 Å². The second-order valence-corrected chi connectivity index (χ2v) is 6.12. The molecule has 2 N–H and O–H groups in total. The molecular weight excluding hydrogens is 376 g/mol. The van der Waals surface area contributed by atoms with Crippen LogP contribution in [0.4, 0.5) is 5.69 Å². The number of hydrogen-bond donors (Lipinski definition) is 2. The Hall–Kier alpha value is -4.75. The number of hydrazone groups is 2. The summed E-state index contributed by atoms with van der Waals surface area (Å²) < 4.78 is 0. The number of benzene rings is 3. The lowest BCUT2D eigenvalue weighted by Crippen LogP contribution is -2.17. The predicted octanol–water partition coefficient (Wildman–Crippen LogP) is 3.64. The number of hydrogen-bond acceptors (Lipinski definition) is 6. The van der Waals surface area contributed by atoms with Crippen LogP contribution in [0.25, 0.3) is 0 Å². The highest BCUT2D eigenvalue weighted by molar-refractivity contribution is 5.95. The van der Waals surface area contributed by atoms with Gasteiger partial charge in [0.1, 0.15) is 0 Å². The van der Waals surface area contributed by atoms with Crippen LogP contribution in [-0.2, 0) is 0 Å². The van der Waals surface area contributed by atoms with Crippen LogP contribution in [0.2, 0.25) is 0 Å². The summed E-state index contributed by atoms with van der Waals surface area (Å²) in [6.45, 7) is 0. The monoisotopic (exact) mass is 392 g/mol. The van der Waals surface area contributed by atoms with Gasteiger partial charge in [-0.3, -0.25) is 10.2 Å². The molecule has 0 spiro atoms. The van der Waals surface area contributed by atoms with Crippen LogP contribution in [0, 0.1) is 22.7 Å².